The summed E-state index contributed by atoms with van der Waals surface area (Å²) in [5.41, 5.74) is 0.158. The molecule has 0 radical (unpaired) electrons. The molecule has 0 spiro atoms. The maximum Gasteiger partial charge on any atom is 0.227 e. The van der Waals surface area contributed by atoms with Crippen LogP contribution in [0.25, 0.3) is 0 Å². The van der Waals surface area contributed by atoms with Gasteiger partial charge in [-0.1, -0.05) is 20.3 Å². The summed E-state index contributed by atoms with van der Waals surface area (Å²) in [6, 6.07) is 0. The van der Waals surface area contributed by atoms with Crippen LogP contribution in [-0.4, -0.2) is 29.4 Å². The molecule has 0 aromatic heterocycles. The number of likely N-dealkylation sites (N-methyl/N-ethyl adjacent to an activating group) is 1. The van der Waals surface area contributed by atoms with Crippen molar-refractivity contribution >= 4 is 17.5 Å². The summed E-state index contributed by atoms with van der Waals surface area (Å²) in [4.78, 5) is 35.8. The molecule has 0 N–H and O–H groups in total. The summed E-state index contributed by atoms with van der Waals surface area (Å²) in [6.07, 6.45) is 4.90. The molecule has 0 fully saturated rings. The molecule has 17 heavy (non-hydrogen) atoms. The van der Waals surface area contributed by atoms with Gasteiger partial charge in [0.25, 0.3) is 0 Å². The van der Waals surface area contributed by atoms with Crippen LogP contribution in [0.3, 0.4) is 0 Å². The first-order valence-corrected chi connectivity index (χ1v) is 5.70. The Balaban J connectivity index is 2.76. The normalized spacial score (nSPS) is 16.8. The second kappa shape index (κ2) is 5.57. The molecule has 1 unspecified atom stereocenters. The minimum atomic E-state index is -0.301. The monoisotopic (exact) mass is 235 g/mol. The summed E-state index contributed by atoms with van der Waals surface area (Å²) in [7, 11) is 1.53. The van der Waals surface area contributed by atoms with Gasteiger partial charge in [-0.15, -0.1) is 0 Å². The number of hydrogen-bond acceptors (Lipinski definition) is 3. The van der Waals surface area contributed by atoms with Gasteiger partial charge in [0, 0.05) is 19.5 Å². The molecule has 0 heterocycles. The van der Waals surface area contributed by atoms with Crippen molar-refractivity contribution in [1.82, 2.24) is 4.90 Å². The number of hydrogen-bond donors (Lipinski definition) is 0. The minimum Gasteiger partial charge on any atom is -0.312 e. The maximum absolute atomic E-state index is 11.9. The van der Waals surface area contributed by atoms with E-state index in [1.54, 1.807) is 0 Å². The predicted octanol–water partition coefficient (Wildman–Crippen LogP) is 1.47. The lowest BCUT2D eigenvalue weighted by molar-refractivity contribution is -0.131. The lowest BCUT2D eigenvalue weighted by atomic mass is 10.0. The standard InChI is InChI=1S/C13H17NO3/c1-4-9(2)7-13(17)14(3)11-8-10(15)5-6-12(11)16/h5-6,8-9H,4,7H2,1-3H3. The number of rotatable bonds is 4. The summed E-state index contributed by atoms with van der Waals surface area (Å²) >= 11 is 0. The molecule has 1 amide bonds. The Kier molecular flexibility index (Phi) is 4.37. The SMILES string of the molecule is CCC(C)CC(=O)N(C)C1=CC(=O)C=CC1=O. The fourth-order valence-corrected chi connectivity index (χ4v) is 1.47. The molecule has 92 valence electrons. The molecule has 1 aliphatic carbocycles. The van der Waals surface area contributed by atoms with Crippen molar-refractivity contribution < 1.29 is 14.4 Å². The van der Waals surface area contributed by atoms with E-state index < -0.39 is 0 Å². The predicted molar refractivity (Wildman–Crippen MR) is 64.1 cm³/mol. The van der Waals surface area contributed by atoms with Gasteiger partial charge in [0.2, 0.25) is 11.7 Å². The van der Waals surface area contributed by atoms with E-state index in [0.717, 1.165) is 6.42 Å². The van der Waals surface area contributed by atoms with E-state index in [-0.39, 0.29) is 29.1 Å². The van der Waals surface area contributed by atoms with Crippen LogP contribution < -0.4 is 0 Å². The number of allylic oxidation sites excluding steroid dienone is 3. The Bertz CT molecular complexity index is 407. The van der Waals surface area contributed by atoms with E-state index in [2.05, 4.69) is 0 Å². The Hall–Kier alpha value is -1.71. The molecule has 0 bridgehead atoms. The third-order valence-electron chi connectivity index (χ3n) is 2.89. The molecular formula is C13H17NO3. The van der Waals surface area contributed by atoms with Crippen molar-refractivity contribution in [2.24, 2.45) is 5.92 Å². The molecule has 0 aromatic carbocycles. The zero-order chi connectivity index (χ0) is 13.0. The van der Waals surface area contributed by atoms with E-state index in [4.69, 9.17) is 0 Å². The second-order valence-electron chi connectivity index (χ2n) is 4.30. The molecule has 4 nitrogen and oxygen atoms in total. The van der Waals surface area contributed by atoms with Crippen molar-refractivity contribution in [2.45, 2.75) is 26.7 Å². The molecule has 0 saturated carbocycles. The quantitative estimate of drug-likeness (QED) is 0.693. The van der Waals surface area contributed by atoms with Gasteiger partial charge in [0.1, 0.15) is 0 Å². The van der Waals surface area contributed by atoms with Gasteiger partial charge in [0.15, 0.2) is 5.78 Å². The number of nitrogens with zero attached hydrogens (tertiary/aromatic N) is 1. The van der Waals surface area contributed by atoms with Gasteiger partial charge in [-0.25, -0.2) is 0 Å². The number of ketones is 2. The first-order valence-electron chi connectivity index (χ1n) is 5.70. The fourth-order valence-electron chi connectivity index (χ4n) is 1.47. The number of carbonyl (C=O) groups is 3. The van der Waals surface area contributed by atoms with Gasteiger partial charge in [-0.2, -0.15) is 0 Å². The number of carbonyl (C=O) groups excluding carboxylic acids is 3. The summed E-state index contributed by atoms with van der Waals surface area (Å²) < 4.78 is 0. The summed E-state index contributed by atoms with van der Waals surface area (Å²) in [6.45, 7) is 3.99. The third-order valence-corrected chi connectivity index (χ3v) is 2.89. The van der Waals surface area contributed by atoms with E-state index in [1.165, 1.54) is 30.2 Å². The van der Waals surface area contributed by atoms with Gasteiger partial charge < -0.3 is 4.90 Å². The Morgan fingerprint density at radius 2 is 2.00 bits per heavy atom. The van der Waals surface area contributed by atoms with Crippen LogP contribution in [0, 0.1) is 5.92 Å². The fraction of sp³-hybridized carbons (Fsp3) is 0.462. The molecule has 1 rings (SSSR count). The highest BCUT2D eigenvalue weighted by Gasteiger charge is 2.22. The third kappa shape index (κ3) is 3.37. The van der Waals surface area contributed by atoms with Crippen LogP contribution in [0.2, 0.25) is 0 Å². The topological polar surface area (TPSA) is 54.5 Å². The van der Waals surface area contributed by atoms with Gasteiger partial charge in [-0.05, 0) is 18.1 Å². The van der Waals surface area contributed by atoms with Crippen molar-refractivity contribution in [2.75, 3.05) is 7.05 Å². The summed E-state index contributed by atoms with van der Waals surface area (Å²) in [5.74, 6) is -0.426. The maximum atomic E-state index is 11.9. The molecule has 1 aliphatic rings. The lowest BCUT2D eigenvalue weighted by Gasteiger charge is -2.21. The average Bonchev–Trinajstić information content (AvgIpc) is 2.31. The molecule has 0 aliphatic heterocycles. The van der Waals surface area contributed by atoms with Gasteiger partial charge in [-0.3, -0.25) is 14.4 Å². The van der Waals surface area contributed by atoms with Crippen molar-refractivity contribution in [3.05, 3.63) is 23.9 Å². The van der Waals surface area contributed by atoms with Crippen LogP contribution in [-0.2, 0) is 14.4 Å². The van der Waals surface area contributed by atoms with E-state index >= 15 is 0 Å². The Morgan fingerprint density at radius 3 is 2.59 bits per heavy atom. The Labute approximate surface area is 101 Å². The largest absolute Gasteiger partial charge is 0.312 e. The van der Waals surface area contributed by atoms with Gasteiger partial charge >= 0.3 is 0 Å². The highest BCUT2D eigenvalue weighted by molar-refractivity contribution is 6.18. The highest BCUT2D eigenvalue weighted by atomic mass is 16.2. The average molecular weight is 235 g/mol. The van der Waals surface area contributed by atoms with Crippen molar-refractivity contribution in [3.8, 4) is 0 Å². The van der Waals surface area contributed by atoms with E-state index in [1.807, 2.05) is 13.8 Å². The zero-order valence-corrected chi connectivity index (χ0v) is 10.4. The zero-order valence-electron chi connectivity index (χ0n) is 10.4. The van der Waals surface area contributed by atoms with E-state index in [0.29, 0.717) is 6.42 Å². The molecular weight excluding hydrogens is 218 g/mol. The minimum absolute atomic E-state index is 0.137. The van der Waals surface area contributed by atoms with E-state index in [9.17, 15) is 14.4 Å². The van der Waals surface area contributed by atoms with Crippen LogP contribution >= 0.6 is 0 Å². The van der Waals surface area contributed by atoms with Crippen molar-refractivity contribution in [1.29, 1.82) is 0 Å². The molecule has 1 atom stereocenters. The highest BCUT2D eigenvalue weighted by Crippen LogP contribution is 2.14. The molecule has 4 heteroatoms. The number of amides is 1. The van der Waals surface area contributed by atoms with Crippen LogP contribution in [0.4, 0.5) is 0 Å². The summed E-state index contributed by atoms with van der Waals surface area (Å²) in [5, 5.41) is 0. The smallest absolute Gasteiger partial charge is 0.227 e. The van der Waals surface area contributed by atoms with Crippen LogP contribution in [0.1, 0.15) is 26.7 Å². The molecule has 0 aromatic rings. The van der Waals surface area contributed by atoms with Crippen LogP contribution in [0.15, 0.2) is 23.9 Å². The first-order chi connectivity index (χ1) is 7.95. The van der Waals surface area contributed by atoms with Crippen molar-refractivity contribution in [3.63, 3.8) is 0 Å². The second-order valence-corrected chi connectivity index (χ2v) is 4.30. The van der Waals surface area contributed by atoms with Gasteiger partial charge in [0.05, 0.1) is 5.70 Å². The first kappa shape index (κ1) is 13.4. The lowest BCUT2D eigenvalue weighted by Crippen LogP contribution is -2.32. The molecule has 0 saturated heterocycles. The van der Waals surface area contributed by atoms with Crippen LogP contribution in [0.5, 0.6) is 0 Å². The Morgan fingerprint density at radius 1 is 1.35 bits per heavy atom.